The molecule has 2 fully saturated rings. The summed E-state index contributed by atoms with van der Waals surface area (Å²) in [5.41, 5.74) is 0.885. The van der Waals surface area contributed by atoms with E-state index in [4.69, 9.17) is 9.47 Å². The van der Waals surface area contributed by atoms with Crippen LogP contribution in [0, 0.1) is 0 Å². The van der Waals surface area contributed by atoms with Crippen molar-refractivity contribution in [2.45, 2.75) is 0 Å². The number of urea groups is 1. The number of carbonyl (C=O) groups excluding carboxylic acids is 3. The zero-order valence-corrected chi connectivity index (χ0v) is 13.9. The number of carbonyl (C=O) groups is 3. The molecule has 0 aromatic heterocycles. The third kappa shape index (κ3) is 3.80. The Morgan fingerprint density at radius 3 is 2.56 bits per heavy atom. The van der Waals surface area contributed by atoms with E-state index < -0.39 is 11.9 Å². The molecule has 0 saturated carbocycles. The molecule has 8 nitrogen and oxygen atoms in total. The zero-order valence-electron chi connectivity index (χ0n) is 13.9. The summed E-state index contributed by atoms with van der Waals surface area (Å²) < 4.78 is 10.3. The number of nitrogens with one attached hydrogen (secondary N) is 1. The number of hydrogen-bond donors (Lipinski definition) is 1. The predicted octanol–water partition coefficient (Wildman–Crippen LogP) is 0.447. The van der Waals surface area contributed by atoms with Gasteiger partial charge in [0.25, 0.3) is 5.91 Å². The molecule has 1 aromatic carbocycles. The minimum atomic E-state index is -0.591. The van der Waals surface area contributed by atoms with Gasteiger partial charge in [-0.05, 0) is 23.8 Å². The summed E-state index contributed by atoms with van der Waals surface area (Å²) in [4.78, 5) is 39.2. The highest BCUT2D eigenvalue weighted by atomic mass is 16.5. The van der Waals surface area contributed by atoms with Crippen LogP contribution < -0.4 is 10.1 Å². The number of rotatable bonds is 4. The van der Waals surface area contributed by atoms with Crippen molar-refractivity contribution in [2.24, 2.45) is 0 Å². The van der Waals surface area contributed by atoms with Gasteiger partial charge < -0.3 is 19.7 Å². The predicted molar refractivity (Wildman–Crippen MR) is 88.6 cm³/mol. The lowest BCUT2D eigenvalue weighted by Crippen LogP contribution is -2.47. The topological polar surface area (TPSA) is 88.2 Å². The Kier molecular flexibility index (Phi) is 4.99. The first-order valence-electron chi connectivity index (χ1n) is 7.92. The second-order valence-corrected chi connectivity index (χ2v) is 5.65. The van der Waals surface area contributed by atoms with Crippen molar-refractivity contribution in [2.75, 3.05) is 40.0 Å². The van der Waals surface area contributed by atoms with Gasteiger partial charge >= 0.3 is 6.03 Å². The molecular weight excluding hydrogens is 326 g/mol. The Bertz CT molecular complexity index is 707. The van der Waals surface area contributed by atoms with Gasteiger partial charge in [0.1, 0.15) is 18.0 Å². The van der Waals surface area contributed by atoms with Crippen LogP contribution in [0.4, 0.5) is 4.79 Å². The fourth-order valence-corrected chi connectivity index (χ4v) is 2.63. The molecule has 0 spiro atoms. The molecule has 0 radical (unpaired) electrons. The zero-order chi connectivity index (χ0) is 17.8. The summed E-state index contributed by atoms with van der Waals surface area (Å²) in [7, 11) is 1.57. The van der Waals surface area contributed by atoms with E-state index in [0.29, 0.717) is 32.1 Å². The van der Waals surface area contributed by atoms with Crippen LogP contribution >= 0.6 is 0 Å². The third-order valence-electron chi connectivity index (χ3n) is 4.05. The Morgan fingerprint density at radius 1 is 1.24 bits per heavy atom. The molecule has 1 aromatic rings. The molecule has 2 aliphatic rings. The van der Waals surface area contributed by atoms with Crippen LogP contribution in [-0.4, -0.2) is 67.6 Å². The van der Waals surface area contributed by atoms with Gasteiger partial charge in [-0.15, -0.1) is 0 Å². The van der Waals surface area contributed by atoms with Gasteiger partial charge in [-0.2, -0.15) is 0 Å². The molecule has 0 atom stereocenters. The lowest BCUT2D eigenvalue weighted by Gasteiger charge is -2.27. The summed E-state index contributed by atoms with van der Waals surface area (Å²) in [6, 6.07) is 6.46. The number of imide groups is 1. The maximum Gasteiger partial charge on any atom is 0.329 e. The molecule has 3 rings (SSSR count). The summed E-state index contributed by atoms with van der Waals surface area (Å²) in [6.45, 7) is 1.60. The largest absolute Gasteiger partial charge is 0.497 e. The maximum atomic E-state index is 12.4. The summed E-state index contributed by atoms with van der Waals surface area (Å²) in [6.07, 6.45) is 1.57. The van der Waals surface area contributed by atoms with Crippen LogP contribution in [0.2, 0.25) is 0 Å². The summed E-state index contributed by atoms with van der Waals surface area (Å²) >= 11 is 0. The van der Waals surface area contributed by atoms with Crippen molar-refractivity contribution in [3.63, 3.8) is 0 Å². The average Bonchev–Trinajstić information content (AvgIpc) is 2.90. The molecule has 0 aliphatic carbocycles. The second-order valence-electron chi connectivity index (χ2n) is 5.65. The van der Waals surface area contributed by atoms with Crippen LogP contribution in [0.15, 0.2) is 30.0 Å². The lowest BCUT2D eigenvalue weighted by molar-refractivity contribution is -0.139. The van der Waals surface area contributed by atoms with E-state index in [-0.39, 0.29) is 18.1 Å². The Labute approximate surface area is 145 Å². The first kappa shape index (κ1) is 17.0. The molecule has 4 amide bonds. The highest BCUT2D eigenvalue weighted by molar-refractivity contribution is 6.15. The van der Waals surface area contributed by atoms with E-state index in [1.54, 1.807) is 42.4 Å². The molecule has 8 heteroatoms. The Hall–Kier alpha value is -2.87. The van der Waals surface area contributed by atoms with Crippen LogP contribution in [0.5, 0.6) is 5.75 Å². The number of hydrogen-bond acceptors (Lipinski definition) is 5. The average molecular weight is 345 g/mol. The van der Waals surface area contributed by atoms with Crippen molar-refractivity contribution in [1.82, 2.24) is 15.1 Å². The molecule has 0 unspecified atom stereocenters. The number of morpholine rings is 1. The summed E-state index contributed by atoms with van der Waals surface area (Å²) in [5.74, 6) is -0.0819. The van der Waals surface area contributed by atoms with E-state index in [1.807, 2.05) is 0 Å². The van der Waals surface area contributed by atoms with Crippen molar-refractivity contribution < 1.29 is 23.9 Å². The second kappa shape index (κ2) is 7.35. The van der Waals surface area contributed by atoms with E-state index in [1.165, 1.54) is 0 Å². The first-order valence-corrected chi connectivity index (χ1v) is 7.92. The van der Waals surface area contributed by atoms with Crippen molar-refractivity contribution in [1.29, 1.82) is 0 Å². The van der Waals surface area contributed by atoms with Gasteiger partial charge in [0.05, 0.1) is 20.3 Å². The van der Waals surface area contributed by atoms with E-state index in [2.05, 4.69) is 5.32 Å². The number of nitrogens with zero attached hydrogens (tertiary/aromatic N) is 2. The molecule has 2 heterocycles. The molecule has 0 bridgehead atoms. The van der Waals surface area contributed by atoms with Gasteiger partial charge in [-0.3, -0.25) is 9.59 Å². The maximum absolute atomic E-state index is 12.4. The van der Waals surface area contributed by atoms with Crippen LogP contribution in [0.3, 0.4) is 0 Å². The smallest absolute Gasteiger partial charge is 0.329 e. The van der Waals surface area contributed by atoms with Gasteiger partial charge in [-0.25, -0.2) is 9.69 Å². The van der Waals surface area contributed by atoms with E-state index >= 15 is 0 Å². The fourth-order valence-electron chi connectivity index (χ4n) is 2.63. The van der Waals surface area contributed by atoms with Gasteiger partial charge in [0.2, 0.25) is 5.91 Å². The lowest BCUT2D eigenvalue weighted by atomic mass is 10.2. The molecule has 25 heavy (non-hydrogen) atoms. The van der Waals surface area contributed by atoms with E-state index in [0.717, 1.165) is 10.5 Å². The van der Waals surface area contributed by atoms with Crippen LogP contribution in [-0.2, 0) is 14.3 Å². The van der Waals surface area contributed by atoms with Gasteiger partial charge in [-0.1, -0.05) is 12.1 Å². The van der Waals surface area contributed by atoms with Crippen LogP contribution in [0.1, 0.15) is 5.56 Å². The number of amides is 4. The number of benzene rings is 1. The Balaban J connectivity index is 1.68. The summed E-state index contributed by atoms with van der Waals surface area (Å²) in [5, 5.41) is 2.51. The first-order chi connectivity index (χ1) is 12.1. The third-order valence-corrected chi connectivity index (χ3v) is 4.05. The Morgan fingerprint density at radius 2 is 1.92 bits per heavy atom. The highest BCUT2D eigenvalue weighted by Gasteiger charge is 2.36. The standard InChI is InChI=1S/C17H19N3O5/c1-24-13-4-2-12(3-5-13)10-14-16(22)20(17(23)18-14)11-15(21)19-6-8-25-9-7-19/h2-5,10H,6-9,11H2,1H3,(H,18,23)/b14-10-. The molecule has 132 valence electrons. The molecular formula is C17H19N3O5. The number of ether oxygens (including phenoxy) is 2. The van der Waals surface area contributed by atoms with Crippen molar-refractivity contribution >= 4 is 23.9 Å². The highest BCUT2D eigenvalue weighted by Crippen LogP contribution is 2.17. The van der Waals surface area contributed by atoms with Crippen LogP contribution in [0.25, 0.3) is 6.08 Å². The fraction of sp³-hybridized carbons (Fsp3) is 0.353. The minimum absolute atomic E-state index is 0.143. The normalized spacial score (nSPS) is 19.3. The van der Waals surface area contributed by atoms with E-state index in [9.17, 15) is 14.4 Å². The minimum Gasteiger partial charge on any atom is -0.497 e. The molecule has 2 aliphatic heterocycles. The molecule has 1 N–H and O–H groups in total. The van der Waals surface area contributed by atoms with Crippen molar-refractivity contribution in [3.8, 4) is 5.75 Å². The quantitative estimate of drug-likeness (QED) is 0.632. The van der Waals surface area contributed by atoms with Gasteiger partial charge in [0.15, 0.2) is 0 Å². The molecule has 2 saturated heterocycles. The van der Waals surface area contributed by atoms with Crippen molar-refractivity contribution in [3.05, 3.63) is 35.5 Å². The number of methoxy groups -OCH3 is 1. The van der Waals surface area contributed by atoms with Gasteiger partial charge in [0, 0.05) is 13.1 Å². The SMILES string of the molecule is COc1ccc(/C=C2\NC(=O)N(CC(=O)N3CCOCC3)C2=O)cc1. The monoisotopic (exact) mass is 345 g/mol.